The van der Waals surface area contributed by atoms with Crippen LogP contribution in [0.15, 0.2) is 22.8 Å². The summed E-state index contributed by atoms with van der Waals surface area (Å²) in [5.74, 6) is 0.673. The van der Waals surface area contributed by atoms with Gasteiger partial charge in [0, 0.05) is 26.1 Å². The van der Waals surface area contributed by atoms with Crippen LogP contribution in [0, 0.1) is 0 Å². The third-order valence-electron chi connectivity index (χ3n) is 4.43. The topological polar surface area (TPSA) is 63.0 Å². The van der Waals surface area contributed by atoms with E-state index in [9.17, 15) is 9.59 Å². The molecule has 2 fully saturated rings. The van der Waals surface area contributed by atoms with E-state index in [0.29, 0.717) is 13.1 Å². The van der Waals surface area contributed by atoms with Crippen LogP contribution in [0.3, 0.4) is 0 Å². The van der Waals surface area contributed by atoms with Gasteiger partial charge in [-0.25, -0.2) is 0 Å². The maximum Gasteiger partial charge on any atom is 0.242 e. The summed E-state index contributed by atoms with van der Waals surface area (Å²) in [5.41, 5.74) is 0. The van der Waals surface area contributed by atoms with Gasteiger partial charge in [-0.1, -0.05) is 0 Å². The first-order valence-corrected chi connectivity index (χ1v) is 8.32. The lowest BCUT2D eigenvalue weighted by Gasteiger charge is -2.28. The molecule has 1 aromatic heterocycles. The van der Waals surface area contributed by atoms with Crippen LogP contribution in [-0.2, 0) is 20.9 Å². The molecule has 1 saturated carbocycles. The van der Waals surface area contributed by atoms with Crippen molar-refractivity contribution in [2.24, 2.45) is 0 Å². The molecule has 0 N–H and O–H groups in total. The molecule has 1 aromatic rings. The maximum atomic E-state index is 12.7. The van der Waals surface area contributed by atoms with Gasteiger partial charge in [-0.05, 0) is 37.8 Å². The summed E-state index contributed by atoms with van der Waals surface area (Å²) < 4.78 is 11.0. The zero-order chi connectivity index (χ0) is 16.2. The second-order valence-corrected chi connectivity index (χ2v) is 6.37. The van der Waals surface area contributed by atoms with Gasteiger partial charge >= 0.3 is 0 Å². The Labute approximate surface area is 136 Å². The van der Waals surface area contributed by atoms with E-state index in [2.05, 4.69) is 0 Å². The lowest BCUT2D eigenvalue weighted by Crippen LogP contribution is -2.45. The number of ether oxygens (including phenoxy) is 1. The first kappa shape index (κ1) is 16.1. The van der Waals surface area contributed by atoms with E-state index in [1.165, 1.54) is 6.92 Å². The Hall–Kier alpha value is -1.82. The van der Waals surface area contributed by atoms with Crippen molar-refractivity contribution in [3.8, 4) is 0 Å². The molecule has 1 unspecified atom stereocenters. The Balaban J connectivity index is 1.64. The van der Waals surface area contributed by atoms with E-state index in [1.807, 2.05) is 12.1 Å². The molecule has 0 aromatic carbocycles. The van der Waals surface area contributed by atoms with Crippen LogP contribution < -0.4 is 0 Å². The Morgan fingerprint density at radius 2 is 2.13 bits per heavy atom. The highest BCUT2D eigenvalue weighted by atomic mass is 16.5. The van der Waals surface area contributed by atoms with E-state index >= 15 is 0 Å². The molecule has 1 aliphatic heterocycles. The Kier molecular flexibility index (Phi) is 5.00. The fourth-order valence-corrected chi connectivity index (χ4v) is 3.01. The van der Waals surface area contributed by atoms with E-state index in [-0.39, 0.29) is 30.5 Å². The largest absolute Gasteiger partial charge is 0.467 e. The van der Waals surface area contributed by atoms with Gasteiger partial charge < -0.3 is 19.0 Å². The summed E-state index contributed by atoms with van der Waals surface area (Å²) in [4.78, 5) is 27.9. The molecule has 0 spiro atoms. The van der Waals surface area contributed by atoms with Crippen LogP contribution in [-0.4, -0.2) is 53.5 Å². The van der Waals surface area contributed by atoms with Crippen LogP contribution in [0.5, 0.6) is 0 Å². The monoisotopic (exact) mass is 320 g/mol. The van der Waals surface area contributed by atoms with E-state index in [0.717, 1.165) is 38.1 Å². The zero-order valence-electron chi connectivity index (χ0n) is 13.6. The fraction of sp³-hybridized carbons (Fsp3) is 0.647. The molecule has 1 aliphatic carbocycles. The highest BCUT2D eigenvalue weighted by Crippen LogP contribution is 2.27. The van der Waals surface area contributed by atoms with Crippen molar-refractivity contribution < 1.29 is 18.7 Å². The molecule has 23 heavy (non-hydrogen) atoms. The van der Waals surface area contributed by atoms with Gasteiger partial charge in [0.2, 0.25) is 11.8 Å². The molecular weight excluding hydrogens is 296 g/mol. The maximum absolute atomic E-state index is 12.7. The standard InChI is InChI=1S/C17H24N2O4/c1-13(20)19(14-6-7-14)12-17(21)18(10-15-4-2-8-22-15)11-16-5-3-9-23-16/h2,4,8,14,16H,3,5-7,9-12H2,1H3. The number of furan rings is 1. The van der Waals surface area contributed by atoms with Crippen LogP contribution in [0.4, 0.5) is 0 Å². The van der Waals surface area contributed by atoms with Crippen LogP contribution in [0.1, 0.15) is 38.4 Å². The molecular formula is C17H24N2O4. The highest BCUT2D eigenvalue weighted by Gasteiger charge is 2.33. The predicted molar refractivity (Wildman–Crippen MR) is 83.5 cm³/mol. The summed E-state index contributed by atoms with van der Waals surface area (Å²) in [5, 5.41) is 0. The number of amides is 2. The minimum absolute atomic E-state index is 0.0316. The normalized spacial score (nSPS) is 20.5. The number of rotatable bonds is 7. The van der Waals surface area contributed by atoms with Crippen molar-refractivity contribution >= 4 is 11.8 Å². The van der Waals surface area contributed by atoms with Crippen LogP contribution in [0.25, 0.3) is 0 Å². The van der Waals surface area contributed by atoms with Crippen molar-refractivity contribution in [3.63, 3.8) is 0 Å². The average Bonchev–Trinajstić information content (AvgIpc) is 3.00. The van der Waals surface area contributed by atoms with Gasteiger partial charge in [-0.15, -0.1) is 0 Å². The van der Waals surface area contributed by atoms with Gasteiger partial charge in [-0.3, -0.25) is 9.59 Å². The number of hydrogen-bond acceptors (Lipinski definition) is 4. The van der Waals surface area contributed by atoms with Crippen LogP contribution >= 0.6 is 0 Å². The van der Waals surface area contributed by atoms with E-state index in [1.54, 1.807) is 16.1 Å². The molecule has 0 radical (unpaired) electrons. The summed E-state index contributed by atoms with van der Waals surface area (Å²) in [6, 6.07) is 3.92. The molecule has 2 amide bonds. The number of carbonyl (C=O) groups excluding carboxylic acids is 2. The minimum atomic E-state index is -0.0426. The second kappa shape index (κ2) is 7.17. The van der Waals surface area contributed by atoms with Gasteiger partial charge in [0.05, 0.1) is 18.9 Å². The average molecular weight is 320 g/mol. The summed E-state index contributed by atoms with van der Waals surface area (Å²) in [6.45, 7) is 3.41. The van der Waals surface area contributed by atoms with Gasteiger partial charge in [-0.2, -0.15) is 0 Å². The summed E-state index contributed by atoms with van der Waals surface area (Å²) >= 11 is 0. The lowest BCUT2D eigenvalue weighted by molar-refractivity contribution is -0.141. The number of carbonyl (C=O) groups is 2. The summed E-state index contributed by atoms with van der Waals surface area (Å²) in [6.07, 6.45) is 5.69. The quantitative estimate of drug-likeness (QED) is 0.768. The molecule has 3 rings (SSSR count). The van der Waals surface area contributed by atoms with Crippen LogP contribution in [0.2, 0.25) is 0 Å². The molecule has 6 nitrogen and oxygen atoms in total. The lowest BCUT2D eigenvalue weighted by atomic mass is 10.2. The second-order valence-electron chi connectivity index (χ2n) is 6.37. The van der Waals surface area contributed by atoms with Gasteiger partial charge in [0.25, 0.3) is 0 Å². The number of nitrogens with zero attached hydrogens (tertiary/aromatic N) is 2. The SMILES string of the molecule is CC(=O)N(CC(=O)N(Cc1ccco1)CC1CCCO1)C1CC1. The molecule has 0 bridgehead atoms. The van der Waals surface area contributed by atoms with Crippen molar-refractivity contribution in [3.05, 3.63) is 24.2 Å². The molecule has 2 aliphatic rings. The Morgan fingerprint density at radius 3 is 2.70 bits per heavy atom. The first-order valence-electron chi connectivity index (χ1n) is 8.32. The van der Waals surface area contributed by atoms with Gasteiger partial charge in [0.15, 0.2) is 0 Å². The summed E-state index contributed by atoms with van der Waals surface area (Å²) in [7, 11) is 0. The fourth-order valence-electron chi connectivity index (χ4n) is 3.01. The molecule has 126 valence electrons. The Morgan fingerprint density at radius 1 is 1.30 bits per heavy atom. The number of hydrogen-bond donors (Lipinski definition) is 0. The molecule has 1 saturated heterocycles. The molecule has 1 atom stereocenters. The van der Waals surface area contributed by atoms with Crippen molar-refractivity contribution in [2.45, 2.75) is 51.3 Å². The smallest absolute Gasteiger partial charge is 0.242 e. The van der Waals surface area contributed by atoms with E-state index in [4.69, 9.17) is 9.15 Å². The van der Waals surface area contributed by atoms with E-state index < -0.39 is 0 Å². The Bertz CT molecular complexity index is 533. The molecule has 6 heteroatoms. The molecule has 2 heterocycles. The van der Waals surface area contributed by atoms with Gasteiger partial charge in [0.1, 0.15) is 12.3 Å². The predicted octanol–water partition coefficient (Wildman–Crippen LogP) is 1.80. The third-order valence-corrected chi connectivity index (χ3v) is 4.43. The zero-order valence-corrected chi connectivity index (χ0v) is 13.6. The van der Waals surface area contributed by atoms with Crippen molar-refractivity contribution in [2.75, 3.05) is 19.7 Å². The first-order chi connectivity index (χ1) is 11.1. The highest BCUT2D eigenvalue weighted by molar-refractivity contribution is 5.84. The van der Waals surface area contributed by atoms with Crippen molar-refractivity contribution in [1.82, 2.24) is 9.80 Å². The van der Waals surface area contributed by atoms with Crippen molar-refractivity contribution in [1.29, 1.82) is 0 Å². The third kappa shape index (κ3) is 4.34. The minimum Gasteiger partial charge on any atom is -0.467 e.